The Hall–Kier alpha value is -1.62. The highest BCUT2D eigenvalue weighted by Gasteiger charge is 2.20. The van der Waals surface area contributed by atoms with Crippen molar-refractivity contribution in [1.82, 2.24) is 30.1 Å². The molecule has 0 spiro atoms. The smallest absolute Gasteiger partial charge is 0.194 e. The Morgan fingerprint density at radius 1 is 1.28 bits per heavy atom. The summed E-state index contributed by atoms with van der Waals surface area (Å²) in [5.41, 5.74) is 2.09. The Morgan fingerprint density at radius 2 is 2.08 bits per heavy atom. The van der Waals surface area contributed by atoms with Gasteiger partial charge in [0.1, 0.15) is 6.26 Å². The molecule has 1 saturated heterocycles. The summed E-state index contributed by atoms with van der Waals surface area (Å²) in [5, 5.41) is 11.6. The third-order valence-corrected chi connectivity index (χ3v) is 4.20. The van der Waals surface area contributed by atoms with E-state index in [0.717, 1.165) is 56.6 Å². The van der Waals surface area contributed by atoms with Gasteiger partial charge in [0, 0.05) is 58.6 Å². The molecule has 1 aliphatic rings. The van der Waals surface area contributed by atoms with Gasteiger partial charge in [-0.3, -0.25) is 9.58 Å². The van der Waals surface area contributed by atoms with Crippen LogP contribution in [0.5, 0.6) is 0 Å². The number of aryl methyl sites for hydroxylation is 1. The highest BCUT2D eigenvalue weighted by atomic mass is 127. The van der Waals surface area contributed by atoms with Crippen LogP contribution in [-0.2, 0) is 20.1 Å². The molecular weight excluding hydrogens is 433 g/mol. The fraction of sp³-hybridized carbons (Fsp3) is 0.562. The van der Waals surface area contributed by atoms with E-state index in [1.54, 1.807) is 12.5 Å². The van der Waals surface area contributed by atoms with Gasteiger partial charge in [-0.25, -0.2) is 4.99 Å². The molecule has 138 valence electrons. The SMILES string of the molecule is CCNC(=NCc1ccnn1C)N1CCN(Cc2ccon2)CC1.I. The Balaban J connectivity index is 0.00000225. The number of hydrogen-bond donors (Lipinski definition) is 1. The minimum absolute atomic E-state index is 0. The monoisotopic (exact) mass is 459 g/mol. The van der Waals surface area contributed by atoms with Crippen molar-refractivity contribution in [1.29, 1.82) is 0 Å². The molecule has 0 amide bonds. The van der Waals surface area contributed by atoms with Crippen molar-refractivity contribution in [2.45, 2.75) is 20.0 Å². The van der Waals surface area contributed by atoms with Gasteiger partial charge in [0.15, 0.2) is 5.96 Å². The molecule has 0 saturated carbocycles. The van der Waals surface area contributed by atoms with Crippen molar-refractivity contribution in [3.63, 3.8) is 0 Å². The first-order valence-electron chi connectivity index (χ1n) is 8.38. The molecule has 3 rings (SSSR count). The second-order valence-corrected chi connectivity index (χ2v) is 5.87. The Kier molecular flexibility index (Phi) is 7.69. The molecule has 1 N–H and O–H groups in total. The van der Waals surface area contributed by atoms with Crippen LogP contribution in [0.3, 0.4) is 0 Å². The first-order valence-corrected chi connectivity index (χ1v) is 8.38. The van der Waals surface area contributed by atoms with Gasteiger partial charge in [-0.15, -0.1) is 24.0 Å². The van der Waals surface area contributed by atoms with Gasteiger partial charge in [-0.2, -0.15) is 5.10 Å². The van der Waals surface area contributed by atoms with E-state index in [0.29, 0.717) is 6.54 Å². The lowest BCUT2D eigenvalue weighted by Gasteiger charge is -2.36. The summed E-state index contributed by atoms with van der Waals surface area (Å²) in [5.74, 6) is 0.972. The first-order chi connectivity index (χ1) is 11.8. The topological polar surface area (TPSA) is 74.7 Å². The Labute approximate surface area is 165 Å². The third-order valence-electron chi connectivity index (χ3n) is 4.20. The summed E-state index contributed by atoms with van der Waals surface area (Å²) in [6.45, 7) is 8.32. The summed E-state index contributed by atoms with van der Waals surface area (Å²) in [4.78, 5) is 9.47. The van der Waals surface area contributed by atoms with E-state index in [9.17, 15) is 0 Å². The van der Waals surface area contributed by atoms with Crippen LogP contribution in [-0.4, -0.2) is 63.4 Å². The van der Waals surface area contributed by atoms with Crippen LogP contribution in [0.4, 0.5) is 0 Å². The van der Waals surface area contributed by atoms with E-state index >= 15 is 0 Å². The predicted molar refractivity (Wildman–Crippen MR) is 107 cm³/mol. The number of halogens is 1. The van der Waals surface area contributed by atoms with Gasteiger partial charge in [0.2, 0.25) is 0 Å². The molecular formula is C16H26IN7O. The van der Waals surface area contributed by atoms with E-state index in [1.807, 2.05) is 23.9 Å². The molecule has 3 heterocycles. The van der Waals surface area contributed by atoms with Crippen molar-refractivity contribution in [3.05, 3.63) is 36.0 Å². The van der Waals surface area contributed by atoms with Gasteiger partial charge in [-0.05, 0) is 13.0 Å². The summed E-state index contributed by atoms with van der Waals surface area (Å²) < 4.78 is 6.77. The number of aliphatic imine (C=N–C) groups is 1. The minimum Gasteiger partial charge on any atom is -0.364 e. The van der Waals surface area contributed by atoms with E-state index in [4.69, 9.17) is 9.52 Å². The van der Waals surface area contributed by atoms with Crippen molar-refractivity contribution < 1.29 is 4.52 Å². The number of guanidine groups is 1. The van der Waals surface area contributed by atoms with Crippen LogP contribution in [0.2, 0.25) is 0 Å². The number of aromatic nitrogens is 3. The van der Waals surface area contributed by atoms with E-state index in [2.05, 4.69) is 32.3 Å². The molecule has 2 aromatic heterocycles. The predicted octanol–water partition coefficient (Wildman–Crippen LogP) is 1.31. The fourth-order valence-electron chi connectivity index (χ4n) is 2.80. The molecule has 1 fully saturated rings. The summed E-state index contributed by atoms with van der Waals surface area (Å²) in [6, 6.07) is 3.93. The molecule has 0 aliphatic carbocycles. The zero-order chi connectivity index (χ0) is 16.8. The maximum atomic E-state index is 4.90. The lowest BCUT2D eigenvalue weighted by Crippen LogP contribution is -2.52. The second-order valence-electron chi connectivity index (χ2n) is 5.87. The van der Waals surface area contributed by atoms with E-state index < -0.39 is 0 Å². The molecule has 0 bridgehead atoms. The average Bonchev–Trinajstić information content (AvgIpc) is 3.24. The highest BCUT2D eigenvalue weighted by Crippen LogP contribution is 2.08. The molecule has 0 radical (unpaired) electrons. The van der Waals surface area contributed by atoms with Crippen LogP contribution in [0.25, 0.3) is 0 Å². The summed E-state index contributed by atoms with van der Waals surface area (Å²) in [7, 11) is 1.94. The van der Waals surface area contributed by atoms with Crippen LogP contribution in [0, 0.1) is 0 Å². The zero-order valence-corrected chi connectivity index (χ0v) is 17.1. The zero-order valence-electron chi connectivity index (χ0n) is 14.8. The van der Waals surface area contributed by atoms with Crippen LogP contribution < -0.4 is 5.32 Å². The van der Waals surface area contributed by atoms with E-state index in [-0.39, 0.29) is 24.0 Å². The average molecular weight is 459 g/mol. The Bertz CT molecular complexity index is 647. The van der Waals surface area contributed by atoms with Gasteiger partial charge >= 0.3 is 0 Å². The standard InChI is InChI=1S/C16H25N7O.HI/c1-3-17-16(18-12-15-4-6-19-21(15)2)23-9-7-22(8-10-23)13-14-5-11-24-20-14;/h4-6,11H,3,7-10,12-13H2,1-2H3,(H,17,18);1H. The quantitative estimate of drug-likeness (QED) is 0.413. The highest BCUT2D eigenvalue weighted by molar-refractivity contribution is 14.0. The van der Waals surface area contributed by atoms with Crippen molar-refractivity contribution in [2.24, 2.45) is 12.0 Å². The van der Waals surface area contributed by atoms with Gasteiger partial charge in [0.05, 0.1) is 17.9 Å². The second kappa shape index (κ2) is 9.76. The van der Waals surface area contributed by atoms with E-state index in [1.165, 1.54) is 0 Å². The first kappa shape index (κ1) is 19.7. The molecule has 25 heavy (non-hydrogen) atoms. The normalized spacial score (nSPS) is 15.9. The summed E-state index contributed by atoms with van der Waals surface area (Å²) in [6.07, 6.45) is 3.43. The molecule has 8 nitrogen and oxygen atoms in total. The number of nitrogens with one attached hydrogen (secondary N) is 1. The van der Waals surface area contributed by atoms with Crippen molar-refractivity contribution in [3.8, 4) is 0 Å². The number of rotatable bonds is 5. The minimum atomic E-state index is 0. The van der Waals surface area contributed by atoms with Gasteiger partial charge in [-0.1, -0.05) is 5.16 Å². The molecule has 1 aliphatic heterocycles. The number of nitrogens with zero attached hydrogens (tertiary/aromatic N) is 6. The lowest BCUT2D eigenvalue weighted by atomic mass is 10.3. The van der Waals surface area contributed by atoms with Gasteiger partial charge < -0.3 is 14.7 Å². The summed E-state index contributed by atoms with van der Waals surface area (Å²) >= 11 is 0. The maximum Gasteiger partial charge on any atom is 0.194 e. The van der Waals surface area contributed by atoms with Gasteiger partial charge in [0.25, 0.3) is 0 Å². The Morgan fingerprint density at radius 3 is 2.68 bits per heavy atom. The van der Waals surface area contributed by atoms with Crippen LogP contribution in [0.1, 0.15) is 18.3 Å². The molecule has 0 unspecified atom stereocenters. The lowest BCUT2D eigenvalue weighted by molar-refractivity contribution is 0.169. The molecule has 9 heteroatoms. The largest absolute Gasteiger partial charge is 0.364 e. The van der Waals surface area contributed by atoms with Crippen molar-refractivity contribution in [2.75, 3.05) is 32.7 Å². The number of piperazine rings is 1. The fourth-order valence-corrected chi connectivity index (χ4v) is 2.80. The van der Waals surface area contributed by atoms with Crippen molar-refractivity contribution >= 4 is 29.9 Å². The molecule has 0 aromatic carbocycles. The third kappa shape index (κ3) is 5.43. The maximum absolute atomic E-state index is 4.90. The number of hydrogen-bond acceptors (Lipinski definition) is 5. The van der Waals surface area contributed by atoms with Crippen LogP contribution in [0.15, 0.2) is 34.1 Å². The molecule has 2 aromatic rings. The molecule has 0 atom stereocenters. The van der Waals surface area contributed by atoms with Crippen LogP contribution >= 0.6 is 24.0 Å².